The number of nitrogens with zero attached hydrogens (tertiary/aromatic N) is 2. The van der Waals surface area contributed by atoms with Crippen molar-refractivity contribution >= 4 is 11.8 Å². The lowest BCUT2D eigenvalue weighted by molar-refractivity contribution is -0.142. The summed E-state index contributed by atoms with van der Waals surface area (Å²) in [5, 5.41) is 0. The molecule has 1 aliphatic rings. The molecule has 1 unspecified atom stereocenters. The largest absolute Gasteiger partial charge is 0.480 e. The molecule has 1 aromatic carbocycles. The summed E-state index contributed by atoms with van der Waals surface area (Å²) in [6.45, 7) is 8.07. The summed E-state index contributed by atoms with van der Waals surface area (Å²) in [6, 6.07) is 11.3. The first kappa shape index (κ1) is 19.0. The van der Waals surface area contributed by atoms with Gasteiger partial charge in [-0.1, -0.05) is 26.0 Å². The SMILES string of the molecule is Cc1cccc(OC(C(=O)N2CCN(C(=O)c3ccc[nH]3)CC2)C(C)C)c1. The molecular formula is C21H27N3O3. The third kappa shape index (κ3) is 4.51. The number of carbonyl (C=O) groups excluding carboxylic acids is 2. The Labute approximate surface area is 160 Å². The zero-order chi connectivity index (χ0) is 19.4. The fourth-order valence-corrected chi connectivity index (χ4v) is 3.25. The topological polar surface area (TPSA) is 65.6 Å². The van der Waals surface area contributed by atoms with Crippen LogP contribution in [0.4, 0.5) is 0 Å². The van der Waals surface area contributed by atoms with Crippen molar-refractivity contribution in [1.82, 2.24) is 14.8 Å². The monoisotopic (exact) mass is 369 g/mol. The summed E-state index contributed by atoms with van der Waals surface area (Å²) in [6.07, 6.45) is 1.21. The summed E-state index contributed by atoms with van der Waals surface area (Å²) in [7, 11) is 0. The van der Waals surface area contributed by atoms with Gasteiger partial charge in [-0.05, 0) is 42.7 Å². The van der Waals surface area contributed by atoms with E-state index >= 15 is 0 Å². The predicted octanol–water partition coefficient (Wildman–Crippen LogP) is 2.71. The molecule has 0 saturated carbocycles. The first-order valence-corrected chi connectivity index (χ1v) is 9.40. The lowest BCUT2D eigenvalue weighted by Crippen LogP contribution is -2.54. The second kappa shape index (κ2) is 8.29. The molecule has 6 nitrogen and oxygen atoms in total. The van der Waals surface area contributed by atoms with Crippen molar-refractivity contribution in [1.29, 1.82) is 0 Å². The van der Waals surface area contributed by atoms with Crippen LogP contribution in [-0.4, -0.2) is 58.9 Å². The van der Waals surface area contributed by atoms with E-state index in [-0.39, 0.29) is 17.7 Å². The van der Waals surface area contributed by atoms with E-state index in [0.29, 0.717) is 37.6 Å². The average molecular weight is 369 g/mol. The molecule has 1 atom stereocenters. The number of aromatic amines is 1. The molecule has 0 radical (unpaired) electrons. The van der Waals surface area contributed by atoms with Crippen molar-refractivity contribution in [2.24, 2.45) is 5.92 Å². The van der Waals surface area contributed by atoms with Gasteiger partial charge in [0.2, 0.25) is 0 Å². The van der Waals surface area contributed by atoms with Crippen LogP contribution in [0.5, 0.6) is 5.75 Å². The summed E-state index contributed by atoms with van der Waals surface area (Å²) in [5.74, 6) is 0.723. The normalized spacial score (nSPS) is 15.7. The molecule has 6 heteroatoms. The molecule has 0 spiro atoms. The van der Waals surface area contributed by atoms with Gasteiger partial charge in [-0.2, -0.15) is 0 Å². The van der Waals surface area contributed by atoms with E-state index in [1.165, 1.54) is 0 Å². The minimum Gasteiger partial charge on any atom is -0.480 e. The molecule has 144 valence electrons. The van der Waals surface area contributed by atoms with Gasteiger partial charge in [-0.15, -0.1) is 0 Å². The number of amides is 2. The van der Waals surface area contributed by atoms with E-state index in [0.717, 1.165) is 5.56 Å². The van der Waals surface area contributed by atoms with E-state index in [1.807, 2.05) is 51.1 Å². The van der Waals surface area contributed by atoms with Gasteiger partial charge in [0.25, 0.3) is 11.8 Å². The predicted molar refractivity (Wildman–Crippen MR) is 104 cm³/mol. The third-order valence-corrected chi connectivity index (χ3v) is 4.81. The van der Waals surface area contributed by atoms with Gasteiger partial charge >= 0.3 is 0 Å². The number of aryl methyl sites for hydroxylation is 1. The number of carbonyl (C=O) groups is 2. The zero-order valence-corrected chi connectivity index (χ0v) is 16.1. The van der Waals surface area contributed by atoms with Gasteiger partial charge in [-0.25, -0.2) is 0 Å². The van der Waals surface area contributed by atoms with Crippen molar-refractivity contribution in [3.05, 3.63) is 53.9 Å². The second-order valence-corrected chi connectivity index (χ2v) is 7.30. The van der Waals surface area contributed by atoms with E-state index < -0.39 is 6.10 Å². The van der Waals surface area contributed by atoms with Crippen molar-refractivity contribution in [2.45, 2.75) is 26.9 Å². The van der Waals surface area contributed by atoms with Crippen LogP contribution in [0, 0.1) is 12.8 Å². The summed E-state index contributed by atoms with van der Waals surface area (Å²) in [5.41, 5.74) is 1.68. The Morgan fingerprint density at radius 2 is 1.74 bits per heavy atom. The van der Waals surface area contributed by atoms with Crippen LogP contribution in [0.1, 0.15) is 29.9 Å². The van der Waals surface area contributed by atoms with Crippen LogP contribution in [0.2, 0.25) is 0 Å². The highest BCUT2D eigenvalue weighted by Crippen LogP contribution is 2.20. The molecule has 2 amide bonds. The number of nitrogens with one attached hydrogen (secondary N) is 1. The molecule has 0 aliphatic carbocycles. The first-order chi connectivity index (χ1) is 13.0. The third-order valence-electron chi connectivity index (χ3n) is 4.81. The maximum atomic E-state index is 13.0. The number of hydrogen-bond acceptors (Lipinski definition) is 3. The van der Waals surface area contributed by atoms with Gasteiger partial charge in [0.1, 0.15) is 11.4 Å². The number of aromatic nitrogens is 1. The molecular weight excluding hydrogens is 342 g/mol. The Kier molecular flexibility index (Phi) is 5.84. The van der Waals surface area contributed by atoms with Gasteiger partial charge in [0, 0.05) is 32.4 Å². The van der Waals surface area contributed by atoms with Crippen LogP contribution < -0.4 is 4.74 Å². The summed E-state index contributed by atoms with van der Waals surface area (Å²) in [4.78, 5) is 32.0. The van der Waals surface area contributed by atoms with Gasteiger partial charge < -0.3 is 19.5 Å². The molecule has 27 heavy (non-hydrogen) atoms. The van der Waals surface area contributed by atoms with Crippen LogP contribution in [0.25, 0.3) is 0 Å². The summed E-state index contributed by atoms with van der Waals surface area (Å²) >= 11 is 0. The van der Waals surface area contributed by atoms with Crippen molar-refractivity contribution in [3.8, 4) is 5.75 Å². The number of ether oxygens (including phenoxy) is 1. The van der Waals surface area contributed by atoms with Crippen LogP contribution in [0.15, 0.2) is 42.6 Å². The maximum absolute atomic E-state index is 13.0. The molecule has 2 heterocycles. The minimum atomic E-state index is -0.530. The smallest absolute Gasteiger partial charge is 0.270 e. The molecule has 0 bridgehead atoms. The van der Waals surface area contributed by atoms with Crippen molar-refractivity contribution in [3.63, 3.8) is 0 Å². The fourth-order valence-electron chi connectivity index (χ4n) is 3.25. The Morgan fingerprint density at radius 1 is 1.04 bits per heavy atom. The number of rotatable bonds is 5. The van der Waals surface area contributed by atoms with Crippen LogP contribution in [-0.2, 0) is 4.79 Å². The van der Waals surface area contributed by atoms with E-state index in [1.54, 1.807) is 22.1 Å². The lowest BCUT2D eigenvalue weighted by Gasteiger charge is -2.37. The molecule has 1 aliphatic heterocycles. The molecule has 1 aromatic heterocycles. The number of H-pyrrole nitrogens is 1. The quantitative estimate of drug-likeness (QED) is 0.881. The van der Waals surface area contributed by atoms with Gasteiger partial charge in [-0.3, -0.25) is 9.59 Å². The Bertz CT molecular complexity index is 778. The first-order valence-electron chi connectivity index (χ1n) is 9.40. The molecule has 1 N–H and O–H groups in total. The Balaban J connectivity index is 1.61. The highest BCUT2D eigenvalue weighted by Gasteiger charge is 2.32. The standard InChI is InChI=1S/C21H27N3O3/c1-15(2)19(27-17-7-4-6-16(3)14-17)21(26)24-12-10-23(11-13-24)20(25)18-8-5-9-22-18/h4-9,14-15,19,22H,10-13H2,1-3H3. The van der Waals surface area contributed by atoms with Gasteiger partial charge in [0.15, 0.2) is 6.10 Å². The van der Waals surface area contributed by atoms with Crippen LogP contribution >= 0.6 is 0 Å². The van der Waals surface area contributed by atoms with Crippen molar-refractivity contribution < 1.29 is 14.3 Å². The van der Waals surface area contributed by atoms with Crippen LogP contribution in [0.3, 0.4) is 0 Å². The maximum Gasteiger partial charge on any atom is 0.270 e. The fraction of sp³-hybridized carbons (Fsp3) is 0.429. The number of hydrogen-bond donors (Lipinski definition) is 1. The molecule has 1 saturated heterocycles. The highest BCUT2D eigenvalue weighted by atomic mass is 16.5. The molecule has 2 aromatic rings. The van der Waals surface area contributed by atoms with E-state index in [2.05, 4.69) is 4.98 Å². The Hall–Kier alpha value is -2.76. The lowest BCUT2D eigenvalue weighted by atomic mass is 10.1. The van der Waals surface area contributed by atoms with Crippen molar-refractivity contribution in [2.75, 3.05) is 26.2 Å². The number of piperazine rings is 1. The second-order valence-electron chi connectivity index (χ2n) is 7.30. The minimum absolute atomic E-state index is 0.0153. The zero-order valence-electron chi connectivity index (χ0n) is 16.1. The Morgan fingerprint density at radius 3 is 2.33 bits per heavy atom. The van der Waals surface area contributed by atoms with E-state index in [4.69, 9.17) is 4.74 Å². The van der Waals surface area contributed by atoms with Gasteiger partial charge in [0.05, 0.1) is 0 Å². The van der Waals surface area contributed by atoms with E-state index in [9.17, 15) is 9.59 Å². The summed E-state index contributed by atoms with van der Waals surface area (Å²) < 4.78 is 6.03. The molecule has 1 fully saturated rings. The number of benzene rings is 1. The highest BCUT2D eigenvalue weighted by molar-refractivity contribution is 5.92. The molecule has 3 rings (SSSR count). The average Bonchev–Trinajstić information content (AvgIpc) is 3.20.